The van der Waals surface area contributed by atoms with Crippen molar-refractivity contribution in [3.8, 4) is 33.9 Å². The van der Waals surface area contributed by atoms with Crippen LogP contribution in [-0.4, -0.2) is 35.8 Å². The fourth-order valence-corrected chi connectivity index (χ4v) is 6.34. The maximum absolute atomic E-state index is 13.6. The zero-order valence-corrected chi connectivity index (χ0v) is 21.3. The van der Waals surface area contributed by atoms with Gasteiger partial charge < -0.3 is 24.1 Å². The maximum atomic E-state index is 13.6. The number of nitrogens with zero attached hydrogens (tertiary/aromatic N) is 1. The molecule has 3 aromatic rings. The smallest absolute Gasteiger partial charge is 0.340 e. The minimum absolute atomic E-state index is 0.131. The van der Waals surface area contributed by atoms with E-state index in [0.29, 0.717) is 23.6 Å². The molecule has 4 aliphatic rings. The molecule has 2 aromatic carbocycles. The van der Waals surface area contributed by atoms with Crippen LogP contribution in [0, 0.1) is 12.8 Å². The Morgan fingerprint density at radius 1 is 1.14 bits per heavy atom. The molecule has 2 atom stereocenters. The highest BCUT2D eigenvalue weighted by Crippen LogP contribution is 2.50. The highest BCUT2D eigenvalue weighted by Gasteiger charge is 2.40. The molecule has 7 nitrogen and oxygen atoms in total. The quantitative estimate of drug-likeness (QED) is 0.470. The van der Waals surface area contributed by atoms with E-state index in [-0.39, 0.29) is 30.7 Å². The lowest BCUT2D eigenvalue weighted by Crippen LogP contribution is -2.15. The molecule has 37 heavy (non-hydrogen) atoms. The van der Waals surface area contributed by atoms with Gasteiger partial charge in [-0.1, -0.05) is 18.2 Å². The molecule has 190 valence electrons. The number of hydrogen-bond donors (Lipinski definition) is 1. The number of ketones is 1. The van der Waals surface area contributed by atoms with Crippen LogP contribution in [0.3, 0.4) is 0 Å². The summed E-state index contributed by atoms with van der Waals surface area (Å²) in [6.45, 7) is 7.42. The highest BCUT2D eigenvalue weighted by atomic mass is 16.7. The third-order valence-corrected chi connectivity index (χ3v) is 8.17. The molecule has 1 N–H and O–H groups in total. The number of carbonyl (C=O) groups excluding carboxylic acids is 2. The van der Waals surface area contributed by atoms with Gasteiger partial charge in [-0.3, -0.25) is 4.79 Å². The van der Waals surface area contributed by atoms with Crippen LogP contribution in [0.4, 0.5) is 5.69 Å². The molecule has 1 fully saturated rings. The summed E-state index contributed by atoms with van der Waals surface area (Å²) in [5.74, 6) is 1.51. The first-order valence-corrected chi connectivity index (χ1v) is 13.3. The molecular weight excluding hydrogens is 468 g/mol. The standard InChI is InChI=1S/C30H30N2O5/c1-4-35-30(34)26-25(20-7-5-6-19-22(14-31-27(19)20)29(33)17-8-9-17)15(2)32-11-10-18-12-23-24(37-16(3)36-23)13-21(18)28(26)32/h5-7,12-13,16-17,22,31H,4,8-11,14H2,1-3H3. The van der Waals surface area contributed by atoms with Gasteiger partial charge in [-0.15, -0.1) is 0 Å². The molecule has 0 spiro atoms. The van der Waals surface area contributed by atoms with Crippen molar-refractivity contribution >= 4 is 17.4 Å². The number of fused-ring (bicyclic) bond motifs is 5. The molecular formula is C30H30N2O5. The second-order valence-electron chi connectivity index (χ2n) is 10.4. The van der Waals surface area contributed by atoms with E-state index >= 15 is 0 Å². The Morgan fingerprint density at radius 2 is 1.92 bits per heavy atom. The lowest BCUT2D eigenvalue weighted by molar-refractivity contribution is -0.121. The van der Waals surface area contributed by atoms with Crippen molar-refractivity contribution in [2.45, 2.75) is 58.8 Å². The van der Waals surface area contributed by atoms with Crippen molar-refractivity contribution in [2.24, 2.45) is 5.92 Å². The number of aromatic nitrogens is 1. The van der Waals surface area contributed by atoms with Crippen molar-refractivity contribution in [1.82, 2.24) is 4.57 Å². The van der Waals surface area contributed by atoms with Gasteiger partial charge in [0, 0.05) is 54.0 Å². The number of rotatable bonds is 5. The first kappa shape index (κ1) is 22.5. The number of para-hydroxylation sites is 1. The number of nitrogens with one attached hydrogen (secondary N) is 1. The van der Waals surface area contributed by atoms with Crippen LogP contribution in [-0.2, 0) is 22.5 Å². The van der Waals surface area contributed by atoms with Crippen LogP contribution >= 0.6 is 0 Å². The van der Waals surface area contributed by atoms with Crippen LogP contribution in [0.5, 0.6) is 11.5 Å². The molecule has 3 aliphatic heterocycles. The number of carbonyl (C=O) groups is 2. The van der Waals surface area contributed by atoms with Gasteiger partial charge >= 0.3 is 5.97 Å². The number of benzene rings is 2. The lowest BCUT2D eigenvalue weighted by Gasteiger charge is -2.22. The largest absolute Gasteiger partial charge is 0.462 e. The first-order valence-electron chi connectivity index (χ1n) is 13.3. The van der Waals surface area contributed by atoms with Crippen molar-refractivity contribution in [2.75, 3.05) is 18.5 Å². The fourth-order valence-electron chi connectivity index (χ4n) is 6.34. The molecule has 2 unspecified atom stereocenters. The zero-order chi connectivity index (χ0) is 25.4. The van der Waals surface area contributed by atoms with E-state index in [1.54, 1.807) is 0 Å². The van der Waals surface area contributed by atoms with Crippen LogP contribution < -0.4 is 14.8 Å². The summed E-state index contributed by atoms with van der Waals surface area (Å²) in [4.78, 5) is 26.6. The van der Waals surface area contributed by atoms with Gasteiger partial charge in [0.25, 0.3) is 0 Å². The van der Waals surface area contributed by atoms with E-state index < -0.39 is 0 Å². The predicted octanol–water partition coefficient (Wildman–Crippen LogP) is 5.47. The molecule has 7 heteroatoms. The molecule has 0 bridgehead atoms. The van der Waals surface area contributed by atoms with Crippen LogP contribution in [0.1, 0.15) is 59.8 Å². The number of aryl methyl sites for hydroxylation is 1. The second-order valence-corrected chi connectivity index (χ2v) is 10.4. The summed E-state index contributed by atoms with van der Waals surface area (Å²) >= 11 is 0. The summed E-state index contributed by atoms with van der Waals surface area (Å²) in [6, 6.07) is 10.2. The topological polar surface area (TPSA) is 78.8 Å². The molecule has 7 rings (SSSR count). The summed E-state index contributed by atoms with van der Waals surface area (Å²) < 4.78 is 19.6. The summed E-state index contributed by atoms with van der Waals surface area (Å²) in [7, 11) is 0. The van der Waals surface area contributed by atoms with Crippen molar-refractivity contribution in [3.63, 3.8) is 0 Å². The number of hydrogen-bond acceptors (Lipinski definition) is 6. The fraction of sp³-hybridized carbons (Fsp3) is 0.400. The second kappa shape index (κ2) is 8.13. The Kier molecular flexibility index (Phi) is 4.94. The normalized spacial score (nSPS) is 20.6. The lowest BCUT2D eigenvalue weighted by atomic mass is 9.89. The molecule has 0 radical (unpaired) electrons. The number of Topliss-reactive ketones (excluding diaryl/α,β-unsaturated/α-hetero) is 1. The predicted molar refractivity (Wildman–Crippen MR) is 139 cm³/mol. The Bertz CT molecular complexity index is 1480. The zero-order valence-electron chi connectivity index (χ0n) is 21.3. The SMILES string of the molecule is CCOC(=O)c1c(-c2cccc3c2NCC3C(=O)C2CC2)c(C)n2c1-c1cc3c(cc1CC2)OC(C)O3. The van der Waals surface area contributed by atoms with E-state index in [2.05, 4.69) is 28.9 Å². The minimum atomic E-state index is -0.338. The van der Waals surface area contributed by atoms with Gasteiger partial charge in [-0.2, -0.15) is 0 Å². The summed E-state index contributed by atoms with van der Waals surface area (Å²) in [6.07, 6.45) is 2.49. The van der Waals surface area contributed by atoms with Gasteiger partial charge in [0.1, 0.15) is 5.78 Å². The van der Waals surface area contributed by atoms with E-state index in [4.69, 9.17) is 14.2 Å². The average molecular weight is 499 g/mol. The summed E-state index contributed by atoms with van der Waals surface area (Å²) in [5, 5.41) is 3.53. The third-order valence-electron chi connectivity index (χ3n) is 8.17. The van der Waals surface area contributed by atoms with Crippen LogP contribution in [0.15, 0.2) is 30.3 Å². The molecule has 1 aromatic heterocycles. The van der Waals surface area contributed by atoms with E-state index in [1.165, 1.54) is 0 Å². The molecule has 1 saturated carbocycles. The van der Waals surface area contributed by atoms with Crippen LogP contribution in [0.2, 0.25) is 0 Å². The Hall–Kier alpha value is -3.74. The third kappa shape index (κ3) is 3.32. The molecule has 4 heterocycles. The van der Waals surface area contributed by atoms with Crippen molar-refractivity contribution < 1.29 is 23.8 Å². The van der Waals surface area contributed by atoms with Gasteiger partial charge in [0.15, 0.2) is 11.5 Å². The number of anilines is 1. The van der Waals surface area contributed by atoms with Crippen molar-refractivity contribution in [3.05, 3.63) is 52.7 Å². The number of ether oxygens (including phenoxy) is 3. The van der Waals surface area contributed by atoms with E-state index in [1.807, 2.05) is 32.0 Å². The highest BCUT2D eigenvalue weighted by molar-refractivity contribution is 6.08. The molecule has 0 amide bonds. The van der Waals surface area contributed by atoms with Gasteiger partial charge in [-0.25, -0.2) is 4.79 Å². The minimum Gasteiger partial charge on any atom is -0.462 e. The van der Waals surface area contributed by atoms with E-state index in [9.17, 15) is 9.59 Å². The Morgan fingerprint density at radius 3 is 2.68 bits per heavy atom. The summed E-state index contributed by atoms with van der Waals surface area (Å²) in [5.41, 5.74) is 8.36. The average Bonchev–Trinajstić information content (AvgIpc) is 3.43. The molecule has 1 aliphatic carbocycles. The molecule has 0 saturated heterocycles. The van der Waals surface area contributed by atoms with E-state index in [0.717, 1.165) is 76.4 Å². The van der Waals surface area contributed by atoms with Gasteiger partial charge in [-0.05, 0) is 56.4 Å². The Balaban J connectivity index is 1.44. The maximum Gasteiger partial charge on any atom is 0.340 e. The van der Waals surface area contributed by atoms with Gasteiger partial charge in [0.2, 0.25) is 6.29 Å². The van der Waals surface area contributed by atoms with Crippen molar-refractivity contribution in [1.29, 1.82) is 0 Å². The van der Waals surface area contributed by atoms with Crippen LogP contribution in [0.25, 0.3) is 22.4 Å². The number of esters is 1. The monoisotopic (exact) mass is 498 g/mol. The first-order chi connectivity index (χ1) is 18.0. The Labute approximate surface area is 215 Å². The van der Waals surface area contributed by atoms with Gasteiger partial charge in [0.05, 0.1) is 23.8 Å².